The van der Waals surface area contributed by atoms with Gasteiger partial charge < -0.3 is 10.2 Å². The summed E-state index contributed by atoms with van der Waals surface area (Å²) >= 11 is 0. The highest BCUT2D eigenvalue weighted by molar-refractivity contribution is 5.94. The molecule has 0 radical (unpaired) electrons. The molecule has 2 rings (SSSR count). The monoisotopic (exact) mass is 278 g/mol. The van der Waals surface area contributed by atoms with Gasteiger partial charge in [0.05, 0.1) is 5.56 Å². The van der Waals surface area contributed by atoms with Crippen LogP contribution in [-0.2, 0) is 0 Å². The van der Waals surface area contributed by atoms with E-state index in [-0.39, 0.29) is 17.5 Å². The van der Waals surface area contributed by atoms with Crippen LogP contribution in [0.1, 0.15) is 42.6 Å². The summed E-state index contributed by atoms with van der Waals surface area (Å²) in [6.07, 6.45) is 2.22. The van der Waals surface area contributed by atoms with Gasteiger partial charge in [0.2, 0.25) is 0 Å². The number of nitrogens with zero attached hydrogens (tertiary/aromatic N) is 1. The summed E-state index contributed by atoms with van der Waals surface area (Å²) in [6.45, 7) is 7.46. The van der Waals surface area contributed by atoms with Gasteiger partial charge in [-0.25, -0.2) is 4.39 Å². The Bertz CT molecular complexity index is 481. The van der Waals surface area contributed by atoms with E-state index in [1.807, 2.05) is 20.8 Å². The van der Waals surface area contributed by atoms with E-state index in [0.717, 1.165) is 24.9 Å². The smallest absolute Gasteiger partial charge is 0.257 e. The minimum Gasteiger partial charge on any atom is -0.335 e. The van der Waals surface area contributed by atoms with Crippen LogP contribution >= 0.6 is 0 Å². The van der Waals surface area contributed by atoms with Crippen LogP contribution < -0.4 is 5.32 Å². The molecule has 1 aliphatic rings. The molecule has 0 aliphatic carbocycles. The zero-order chi connectivity index (χ0) is 14.7. The third-order valence-electron chi connectivity index (χ3n) is 3.82. The fraction of sp³-hybridized carbons (Fsp3) is 0.562. The van der Waals surface area contributed by atoms with E-state index in [1.54, 1.807) is 17.0 Å². The maximum Gasteiger partial charge on any atom is 0.257 e. The molecule has 0 spiro atoms. The molecule has 0 saturated carbocycles. The summed E-state index contributed by atoms with van der Waals surface area (Å²) < 4.78 is 13.9. The van der Waals surface area contributed by atoms with Crippen LogP contribution in [0.2, 0.25) is 0 Å². The Morgan fingerprint density at radius 2 is 2.25 bits per heavy atom. The van der Waals surface area contributed by atoms with Crippen LogP contribution in [-0.4, -0.2) is 36.0 Å². The number of benzene rings is 1. The largest absolute Gasteiger partial charge is 0.335 e. The van der Waals surface area contributed by atoms with Gasteiger partial charge in [-0.15, -0.1) is 0 Å². The zero-order valence-electron chi connectivity index (χ0n) is 12.4. The Labute approximate surface area is 120 Å². The first kappa shape index (κ1) is 15.0. The lowest BCUT2D eigenvalue weighted by Crippen LogP contribution is -2.45. The molecule has 20 heavy (non-hydrogen) atoms. The normalized spacial score (nSPS) is 18.6. The first-order valence-corrected chi connectivity index (χ1v) is 7.29. The molecule has 1 N–H and O–H groups in total. The van der Waals surface area contributed by atoms with Gasteiger partial charge in [-0.05, 0) is 52.3 Å². The molecule has 4 heteroatoms. The third kappa shape index (κ3) is 3.37. The maximum absolute atomic E-state index is 13.9. The van der Waals surface area contributed by atoms with Crippen molar-refractivity contribution in [3.05, 3.63) is 35.1 Å². The van der Waals surface area contributed by atoms with Gasteiger partial charge in [-0.3, -0.25) is 4.79 Å². The van der Waals surface area contributed by atoms with E-state index in [1.165, 1.54) is 6.07 Å². The van der Waals surface area contributed by atoms with E-state index in [0.29, 0.717) is 12.6 Å². The van der Waals surface area contributed by atoms with Crippen LogP contribution in [0, 0.1) is 12.7 Å². The number of rotatable bonds is 4. The zero-order valence-corrected chi connectivity index (χ0v) is 12.4. The summed E-state index contributed by atoms with van der Waals surface area (Å²) in [7, 11) is 0. The molecule has 1 fully saturated rings. The molecule has 110 valence electrons. The van der Waals surface area contributed by atoms with Crippen molar-refractivity contribution in [2.75, 3.05) is 13.1 Å². The molecule has 1 heterocycles. The first-order chi connectivity index (χ1) is 9.49. The van der Waals surface area contributed by atoms with Crippen LogP contribution in [0.4, 0.5) is 4.39 Å². The number of halogens is 1. The van der Waals surface area contributed by atoms with Gasteiger partial charge in [0.25, 0.3) is 5.91 Å². The molecule has 1 unspecified atom stereocenters. The minimum absolute atomic E-state index is 0.0600. The molecule has 1 aromatic rings. The standard InChI is InChI=1S/C16H23FN2O/c1-11(2)19(10-13-5-4-8-18-13)16(20)14-9-12(3)6-7-15(14)17/h6-7,9,11,13,18H,4-5,8,10H2,1-3H3. The van der Waals surface area contributed by atoms with Crippen molar-refractivity contribution in [3.8, 4) is 0 Å². The minimum atomic E-state index is -0.439. The lowest BCUT2D eigenvalue weighted by molar-refractivity contribution is 0.0684. The van der Waals surface area contributed by atoms with Gasteiger partial charge in [-0.2, -0.15) is 0 Å². The highest BCUT2D eigenvalue weighted by Gasteiger charge is 2.26. The molecule has 0 bridgehead atoms. The molecular weight excluding hydrogens is 255 g/mol. The Kier molecular flexibility index (Phi) is 4.76. The van der Waals surface area contributed by atoms with Gasteiger partial charge in [0.1, 0.15) is 5.82 Å². The second-order valence-electron chi connectivity index (χ2n) is 5.83. The van der Waals surface area contributed by atoms with E-state index in [2.05, 4.69) is 5.32 Å². The predicted molar refractivity (Wildman–Crippen MR) is 78.3 cm³/mol. The molecule has 1 saturated heterocycles. The van der Waals surface area contributed by atoms with Gasteiger partial charge >= 0.3 is 0 Å². The molecular formula is C16H23FN2O. The van der Waals surface area contributed by atoms with E-state index >= 15 is 0 Å². The molecule has 3 nitrogen and oxygen atoms in total. The van der Waals surface area contributed by atoms with E-state index < -0.39 is 5.82 Å². The van der Waals surface area contributed by atoms with Gasteiger partial charge in [0, 0.05) is 18.6 Å². The molecule has 1 aliphatic heterocycles. The number of hydrogen-bond donors (Lipinski definition) is 1. The van der Waals surface area contributed by atoms with Crippen LogP contribution in [0.3, 0.4) is 0 Å². The van der Waals surface area contributed by atoms with Crippen molar-refractivity contribution in [2.24, 2.45) is 0 Å². The van der Waals surface area contributed by atoms with E-state index in [4.69, 9.17) is 0 Å². The maximum atomic E-state index is 13.9. The van der Waals surface area contributed by atoms with Gasteiger partial charge in [-0.1, -0.05) is 11.6 Å². The second kappa shape index (κ2) is 6.35. The summed E-state index contributed by atoms with van der Waals surface area (Å²) in [6, 6.07) is 5.08. The Balaban J connectivity index is 2.19. The van der Waals surface area contributed by atoms with Crippen molar-refractivity contribution in [3.63, 3.8) is 0 Å². The number of carbonyl (C=O) groups excluding carboxylic acids is 1. The number of hydrogen-bond acceptors (Lipinski definition) is 2. The fourth-order valence-corrected chi connectivity index (χ4v) is 2.64. The van der Waals surface area contributed by atoms with Crippen molar-refractivity contribution < 1.29 is 9.18 Å². The van der Waals surface area contributed by atoms with Crippen LogP contribution in [0.5, 0.6) is 0 Å². The average molecular weight is 278 g/mol. The summed E-state index contributed by atoms with van der Waals surface area (Å²) in [5.74, 6) is -0.652. The molecule has 1 amide bonds. The highest BCUT2D eigenvalue weighted by Crippen LogP contribution is 2.16. The summed E-state index contributed by atoms with van der Waals surface area (Å²) in [4.78, 5) is 14.4. The predicted octanol–water partition coefficient (Wildman–Crippen LogP) is 2.74. The number of amides is 1. The summed E-state index contributed by atoms with van der Waals surface area (Å²) in [5, 5.41) is 3.39. The average Bonchev–Trinajstić information content (AvgIpc) is 2.90. The summed E-state index contributed by atoms with van der Waals surface area (Å²) in [5.41, 5.74) is 1.08. The van der Waals surface area contributed by atoms with Gasteiger partial charge in [0.15, 0.2) is 0 Å². The fourth-order valence-electron chi connectivity index (χ4n) is 2.64. The second-order valence-corrected chi connectivity index (χ2v) is 5.83. The number of carbonyl (C=O) groups is 1. The Hall–Kier alpha value is -1.42. The first-order valence-electron chi connectivity index (χ1n) is 7.29. The lowest BCUT2D eigenvalue weighted by Gasteiger charge is -2.30. The van der Waals surface area contributed by atoms with Crippen molar-refractivity contribution in [1.29, 1.82) is 0 Å². The molecule has 0 aromatic heterocycles. The Morgan fingerprint density at radius 1 is 1.50 bits per heavy atom. The van der Waals surface area contributed by atoms with Crippen molar-refractivity contribution in [1.82, 2.24) is 10.2 Å². The van der Waals surface area contributed by atoms with Crippen LogP contribution in [0.25, 0.3) is 0 Å². The lowest BCUT2D eigenvalue weighted by atomic mass is 10.1. The highest BCUT2D eigenvalue weighted by atomic mass is 19.1. The molecule has 1 atom stereocenters. The SMILES string of the molecule is Cc1ccc(F)c(C(=O)N(CC2CCCN2)C(C)C)c1. The van der Waals surface area contributed by atoms with Crippen molar-refractivity contribution >= 4 is 5.91 Å². The van der Waals surface area contributed by atoms with E-state index in [9.17, 15) is 9.18 Å². The number of nitrogens with one attached hydrogen (secondary N) is 1. The quantitative estimate of drug-likeness (QED) is 0.918. The Morgan fingerprint density at radius 3 is 2.85 bits per heavy atom. The topological polar surface area (TPSA) is 32.3 Å². The van der Waals surface area contributed by atoms with Crippen LogP contribution in [0.15, 0.2) is 18.2 Å². The third-order valence-corrected chi connectivity index (χ3v) is 3.82. The van der Waals surface area contributed by atoms with Crippen molar-refractivity contribution in [2.45, 2.75) is 45.7 Å². The number of aryl methyl sites for hydroxylation is 1. The molecule has 1 aromatic carbocycles.